The molecule has 0 aromatic carbocycles. The Kier molecular flexibility index (Phi) is 4.08. The van der Waals surface area contributed by atoms with Gasteiger partial charge in [0.2, 0.25) is 11.9 Å². The van der Waals surface area contributed by atoms with Crippen molar-refractivity contribution in [1.29, 1.82) is 0 Å². The summed E-state index contributed by atoms with van der Waals surface area (Å²) in [7, 11) is 1.61. The normalized spacial score (nSPS) is 17.0. The smallest absolute Gasteiger partial charge is 0.228 e. The molecule has 0 atom stereocenters. The van der Waals surface area contributed by atoms with Crippen molar-refractivity contribution in [3.63, 3.8) is 0 Å². The van der Waals surface area contributed by atoms with E-state index in [0.717, 1.165) is 0 Å². The number of aromatic nitrogens is 3. The Morgan fingerprint density at radius 3 is 2.71 bits per heavy atom. The summed E-state index contributed by atoms with van der Waals surface area (Å²) < 4.78 is 4.99. The Hall–Kier alpha value is -1.43. The third-order valence-electron chi connectivity index (χ3n) is 2.91. The lowest BCUT2D eigenvalue weighted by Crippen LogP contribution is -2.24. The Labute approximate surface area is 101 Å². The molecule has 1 aromatic heterocycles. The molecule has 6 nitrogen and oxygen atoms in total. The number of nitrogens with zero attached hydrogens (tertiary/aromatic N) is 3. The summed E-state index contributed by atoms with van der Waals surface area (Å²) in [5.41, 5.74) is 5.64. The molecule has 94 valence electrons. The van der Waals surface area contributed by atoms with Crippen LogP contribution in [0.1, 0.15) is 37.9 Å². The molecular formula is C11H19N5O. The van der Waals surface area contributed by atoms with Gasteiger partial charge in [0.25, 0.3) is 0 Å². The van der Waals surface area contributed by atoms with Gasteiger partial charge in [0.05, 0.1) is 0 Å². The van der Waals surface area contributed by atoms with E-state index in [1.165, 1.54) is 32.1 Å². The Balaban J connectivity index is 2.03. The van der Waals surface area contributed by atoms with Crippen molar-refractivity contribution in [3.8, 4) is 0 Å². The number of nitrogens with one attached hydrogen (secondary N) is 1. The minimum absolute atomic E-state index is 0.241. The monoisotopic (exact) mass is 237 g/mol. The van der Waals surface area contributed by atoms with E-state index in [0.29, 0.717) is 24.4 Å². The van der Waals surface area contributed by atoms with Gasteiger partial charge in [0.1, 0.15) is 6.61 Å². The number of methoxy groups -OCH3 is 1. The first-order chi connectivity index (χ1) is 8.28. The highest BCUT2D eigenvalue weighted by atomic mass is 16.5. The van der Waals surface area contributed by atoms with Gasteiger partial charge in [-0.25, -0.2) is 0 Å². The summed E-state index contributed by atoms with van der Waals surface area (Å²) in [4.78, 5) is 12.4. The fourth-order valence-electron chi connectivity index (χ4n) is 2.13. The second kappa shape index (κ2) is 5.77. The lowest BCUT2D eigenvalue weighted by Gasteiger charge is -2.22. The molecule has 1 saturated carbocycles. The topological polar surface area (TPSA) is 86.0 Å². The van der Waals surface area contributed by atoms with Crippen LogP contribution < -0.4 is 11.1 Å². The molecule has 0 spiro atoms. The first-order valence-corrected chi connectivity index (χ1v) is 6.04. The zero-order valence-corrected chi connectivity index (χ0v) is 10.1. The molecule has 0 bridgehead atoms. The van der Waals surface area contributed by atoms with Crippen molar-refractivity contribution in [2.45, 2.75) is 44.8 Å². The second-order valence-corrected chi connectivity index (χ2v) is 4.35. The molecule has 1 aliphatic rings. The average Bonchev–Trinajstić information content (AvgIpc) is 2.30. The number of rotatable bonds is 4. The van der Waals surface area contributed by atoms with Gasteiger partial charge in [0, 0.05) is 13.2 Å². The average molecular weight is 237 g/mol. The fraction of sp³-hybridized carbons (Fsp3) is 0.727. The molecule has 2 rings (SSSR count). The van der Waals surface area contributed by atoms with Crippen LogP contribution >= 0.6 is 0 Å². The van der Waals surface area contributed by atoms with Gasteiger partial charge < -0.3 is 15.8 Å². The van der Waals surface area contributed by atoms with E-state index >= 15 is 0 Å². The zero-order chi connectivity index (χ0) is 12.1. The van der Waals surface area contributed by atoms with Crippen LogP contribution in [0.15, 0.2) is 0 Å². The van der Waals surface area contributed by atoms with Crippen molar-refractivity contribution < 1.29 is 4.74 Å². The zero-order valence-electron chi connectivity index (χ0n) is 10.1. The third kappa shape index (κ3) is 3.52. The quantitative estimate of drug-likeness (QED) is 0.822. The van der Waals surface area contributed by atoms with Crippen molar-refractivity contribution in [2.24, 2.45) is 0 Å². The SMILES string of the molecule is COCc1nc(N)nc(NC2CCCCC2)n1. The predicted molar refractivity (Wildman–Crippen MR) is 65.4 cm³/mol. The summed E-state index contributed by atoms with van der Waals surface area (Å²) in [6, 6.07) is 0.459. The van der Waals surface area contributed by atoms with Gasteiger partial charge in [-0.2, -0.15) is 15.0 Å². The van der Waals surface area contributed by atoms with Crippen molar-refractivity contribution in [1.82, 2.24) is 15.0 Å². The van der Waals surface area contributed by atoms with E-state index in [-0.39, 0.29) is 5.95 Å². The summed E-state index contributed by atoms with van der Waals surface area (Å²) in [6.07, 6.45) is 6.20. The highest BCUT2D eigenvalue weighted by Gasteiger charge is 2.14. The van der Waals surface area contributed by atoms with E-state index in [1.54, 1.807) is 7.11 Å². The maximum atomic E-state index is 5.64. The van der Waals surface area contributed by atoms with Gasteiger partial charge in [-0.3, -0.25) is 0 Å². The van der Waals surface area contributed by atoms with Crippen molar-refractivity contribution in [3.05, 3.63) is 5.82 Å². The molecular weight excluding hydrogens is 218 g/mol. The summed E-state index contributed by atoms with van der Waals surface area (Å²) in [6.45, 7) is 0.353. The maximum Gasteiger partial charge on any atom is 0.228 e. The number of hydrogen-bond acceptors (Lipinski definition) is 6. The van der Waals surface area contributed by atoms with Gasteiger partial charge >= 0.3 is 0 Å². The highest BCUT2D eigenvalue weighted by molar-refractivity contribution is 5.32. The molecule has 1 aromatic rings. The summed E-state index contributed by atoms with van der Waals surface area (Å²) >= 11 is 0. The minimum atomic E-state index is 0.241. The lowest BCUT2D eigenvalue weighted by molar-refractivity contribution is 0.178. The number of hydrogen-bond donors (Lipinski definition) is 2. The number of nitrogens with two attached hydrogens (primary N) is 1. The first kappa shape index (κ1) is 12.0. The van der Waals surface area contributed by atoms with Crippen LogP contribution in [0.25, 0.3) is 0 Å². The minimum Gasteiger partial charge on any atom is -0.377 e. The Morgan fingerprint density at radius 2 is 2.00 bits per heavy atom. The van der Waals surface area contributed by atoms with E-state index in [1.807, 2.05) is 0 Å². The van der Waals surface area contributed by atoms with Crippen LogP contribution in [-0.2, 0) is 11.3 Å². The maximum absolute atomic E-state index is 5.64. The standard InChI is InChI=1S/C11H19N5O/c1-17-7-9-14-10(12)16-11(15-9)13-8-5-3-2-4-6-8/h8H,2-7H2,1H3,(H3,12,13,14,15,16). The second-order valence-electron chi connectivity index (χ2n) is 4.35. The van der Waals surface area contributed by atoms with Crippen LogP contribution in [0.4, 0.5) is 11.9 Å². The molecule has 1 fully saturated rings. The summed E-state index contributed by atoms with van der Waals surface area (Å²) in [5.74, 6) is 1.38. The van der Waals surface area contributed by atoms with E-state index < -0.39 is 0 Å². The molecule has 17 heavy (non-hydrogen) atoms. The molecule has 0 radical (unpaired) electrons. The highest BCUT2D eigenvalue weighted by Crippen LogP contribution is 2.20. The molecule has 3 N–H and O–H groups in total. The molecule has 1 aliphatic carbocycles. The Morgan fingerprint density at radius 1 is 1.24 bits per heavy atom. The largest absolute Gasteiger partial charge is 0.377 e. The predicted octanol–water partition coefficient (Wildman–Crippen LogP) is 1.34. The Bertz CT molecular complexity index is 365. The van der Waals surface area contributed by atoms with Crippen LogP contribution in [-0.4, -0.2) is 28.1 Å². The van der Waals surface area contributed by atoms with Crippen molar-refractivity contribution >= 4 is 11.9 Å². The van der Waals surface area contributed by atoms with Gasteiger partial charge in [-0.1, -0.05) is 19.3 Å². The van der Waals surface area contributed by atoms with Gasteiger partial charge in [0.15, 0.2) is 5.82 Å². The molecule has 0 unspecified atom stereocenters. The number of nitrogen functional groups attached to an aromatic ring is 1. The molecule has 0 saturated heterocycles. The van der Waals surface area contributed by atoms with E-state index in [4.69, 9.17) is 10.5 Å². The number of anilines is 2. The van der Waals surface area contributed by atoms with E-state index in [9.17, 15) is 0 Å². The molecule has 0 amide bonds. The van der Waals surface area contributed by atoms with Crippen LogP contribution in [0.3, 0.4) is 0 Å². The molecule has 0 aliphatic heterocycles. The van der Waals surface area contributed by atoms with Crippen LogP contribution in [0, 0.1) is 0 Å². The first-order valence-electron chi connectivity index (χ1n) is 6.04. The van der Waals surface area contributed by atoms with Gasteiger partial charge in [-0.05, 0) is 12.8 Å². The molecule has 6 heteroatoms. The summed E-state index contributed by atoms with van der Waals surface area (Å²) in [5, 5.41) is 3.32. The molecule has 1 heterocycles. The van der Waals surface area contributed by atoms with Crippen LogP contribution in [0.5, 0.6) is 0 Å². The van der Waals surface area contributed by atoms with Gasteiger partial charge in [-0.15, -0.1) is 0 Å². The van der Waals surface area contributed by atoms with E-state index in [2.05, 4.69) is 20.3 Å². The number of ether oxygens (including phenoxy) is 1. The lowest BCUT2D eigenvalue weighted by atomic mass is 9.96. The van der Waals surface area contributed by atoms with Crippen molar-refractivity contribution in [2.75, 3.05) is 18.2 Å². The van der Waals surface area contributed by atoms with Crippen LogP contribution in [0.2, 0.25) is 0 Å². The fourth-order valence-corrected chi connectivity index (χ4v) is 2.13. The third-order valence-corrected chi connectivity index (χ3v) is 2.91.